The van der Waals surface area contributed by atoms with Crippen molar-refractivity contribution in [3.63, 3.8) is 0 Å². The number of rotatable bonds is 6. The predicted octanol–water partition coefficient (Wildman–Crippen LogP) is 4.64. The summed E-state index contributed by atoms with van der Waals surface area (Å²) in [6.07, 6.45) is 7.77. The number of hydrogen-bond acceptors (Lipinski definition) is 3. The first-order valence-electron chi connectivity index (χ1n) is 9.20. The van der Waals surface area contributed by atoms with Crippen molar-refractivity contribution in [3.8, 4) is 10.4 Å². The molecule has 24 heavy (non-hydrogen) atoms. The molecule has 0 aliphatic heterocycles. The van der Waals surface area contributed by atoms with Crippen LogP contribution < -0.4 is 10.9 Å². The maximum absolute atomic E-state index is 11.9. The smallest absolute Gasteiger partial charge is 0.251 e. The lowest BCUT2D eigenvalue weighted by Gasteiger charge is -2.21. The third-order valence-corrected chi connectivity index (χ3v) is 6.20. The van der Waals surface area contributed by atoms with Gasteiger partial charge in [-0.05, 0) is 56.8 Å². The van der Waals surface area contributed by atoms with E-state index < -0.39 is 0 Å². The maximum Gasteiger partial charge on any atom is 0.251 e. The van der Waals surface area contributed by atoms with Crippen LogP contribution >= 0.6 is 11.3 Å². The number of nitrogens with one attached hydrogen (secondary N) is 2. The van der Waals surface area contributed by atoms with Crippen LogP contribution in [-0.2, 0) is 13.0 Å². The number of pyridine rings is 1. The van der Waals surface area contributed by atoms with Crippen molar-refractivity contribution in [1.82, 2.24) is 10.3 Å². The number of H-pyrrole nitrogens is 1. The Morgan fingerprint density at radius 3 is 2.79 bits per heavy atom. The van der Waals surface area contributed by atoms with Crippen molar-refractivity contribution in [1.29, 1.82) is 0 Å². The zero-order valence-corrected chi connectivity index (χ0v) is 15.6. The molecule has 4 heteroatoms. The molecule has 0 aromatic carbocycles. The van der Waals surface area contributed by atoms with Crippen LogP contribution in [0.25, 0.3) is 10.4 Å². The van der Waals surface area contributed by atoms with Gasteiger partial charge in [-0.2, -0.15) is 0 Å². The molecule has 2 heterocycles. The Morgan fingerprint density at radius 1 is 1.25 bits per heavy atom. The van der Waals surface area contributed by atoms with Gasteiger partial charge < -0.3 is 10.3 Å². The molecule has 1 saturated carbocycles. The molecule has 0 unspecified atom stereocenters. The second-order valence-corrected chi connectivity index (χ2v) is 8.09. The van der Waals surface area contributed by atoms with Crippen LogP contribution in [0.2, 0.25) is 0 Å². The van der Waals surface area contributed by atoms with E-state index in [-0.39, 0.29) is 5.56 Å². The standard InChI is InChI=1S/C20H28N2OS/c1-3-16-11-18(14(2)22-20(16)23)19-10-9-17(24-19)13-21-12-15-7-5-4-6-8-15/h9-11,15,21H,3-8,12-13H2,1-2H3,(H,22,23). The molecule has 0 bridgehead atoms. The molecular weight excluding hydrogens is 316 g/mol. The zero-order valence-electron chi connectivity index (χ0n) is 14.8. The Kier molecular flexibility index (Phi) is 5.90. The predicted molar refractivity (Wildman–Crippen MR) is 103 cm³/mol. The highest BCUT2D eigenvalue weighted by atomic mass is 32.1. The van der Waals surface area contributed by atoms with E-state index in [0.29, 0.717) is 0 Å². The van der Waals surface area contributed by atoms with Crippen molar-refractivity contribution in [3.05, 3.63) is 44.7 Å². The first kappa shape index (κ1) is 17.4. The minimum atomic E-state index is 0.0460. The van der Waals surface area contributed by atoms with E-state index in [4.69, 9.17) is 0 Å². The molecule has 0 atom stereocenters. The number of hydrogen-bond donors (Lipinski definition) is 2. The fraction of sp³-hybridized carbons (Fsp3) is 0.550. The van der Waals surface area contributed by atoms with Crippen LogP contribution in [-0.4, -0.2) is 11.5 Å². The van der Waals surface area contributed by atoms with Gasteiger partial charge in [0.05, 0.1) is 0 Å². The lowest BCUT2D eigenvalue weighted by molar-refractivity contribution is 0.342. The summed E-state index contributed by atoms with van der Waals surface area (Å²) in [4.78, 5) is 17.5. The van der Waals surface area contributed by atoms with Crippen LogP contribution in [0.15, 0.2) is 23.0 Å². The average Bonchev–Trinajstić information content (AvgIpc) is 3.04. The molecule has 0 spiro atoms. The van der Waals surface area contributed by atoms with Crippen LogP contribution in [0.1, 0.15) is 55.2 Å². The second-order valence-electron chi connectivity index (χ2n) is 6.92. The molecule has 3 nitrogen and oxygen atoms in total. The van der Waals surface area contributed by atoms with Gasteiger partial charge in [0.15, 0.2) is 0 Å². The Morgan fingerprint density at radius 2 is 2.04 bits per heavy atom. The highest BCUT2D eigenvalue weighted by molar-refractivity contribution is 7.15. The summed E-state index contributed by atoms with van der Waals surface area (Å²) in [6, 6.07) is 6.45. The second kappa shape index (κ2) is 8.13. The zero-order chi connectivity index (χ0) is 16.9. The van der Waals surface area contributed by atoms with Gasteiger partial charge in [0, 0.05) is 33.1 Å². The van der Waals surface area contributed by atoms with Crippen molar-refractivity contribution >= 4 is 11.3 Å². The highest BCUT2D eigenvalue weighted by Crippen LogP contribution is 2.30. The van der Waals surface area contributed by atoms with Gasteiger partial charge in [-0.15, -0.1) is 11.3 Å². The van der Waals surface area contributed by atoms with Crippen LogP contribution in [0.3, 0.4) is 0 Å². The number of thiophene rings is 1. The maximum atomic E-state index is 11.9. The molecule has 0 amide bonds. The Bertz CT molecular complexity index is 725. The van der Waals surface area contributed by atoms with Gasteiger partial charge in [-0.25, -0.2) is 0 Å². The average molecular weight is 345 g/mol. The molecule has 2 aromatic heterocycles. The first-order valence-corrected chi connectivity index (χ1v) is 10.0. The minimum Gasteiger partial charge on any atom is -0.326 e. The fourth-order valence-corrected chi connectivity index (χ4v) is 4.64. The lowest BCUT2D eigenvalue weighted by Crippen LogP contribution is -2.23. The van der Waals surface area contributed by atoms with Gasteiger partial charge in [-0.1, -0.05) is 26.2 Å². The van der Waals surface area contributed by atoms with Gasteiger partial charge in [0.25, 0.3) is 5.56 Å². The van der Waals surface area contributed by atoms with Gasteiger partial charge in [0.1, 0.15) is 0 Å². The highest BCUT2D eigenvalue weighted by Gasteiger charge is 2.13. The quantitative estimate of drug-likeness (QED) is 0.801. The van der Waals surface area contributed by atoms with E-state index in [9.17, 15) is 4.79 Å². The molecule has 0 saturated heterocycles. The van der Waals surface area contributed by atoms with Crippen LogP contribution in [0, 0.1) is 12.8 Å². The Labute approximate surface area is 148 Å². The normalized spacial score (nSPS) is 15.8. The monoisotopic (exact) mass is 344 g/mol. The molecule has 130 valence electrons. The fourth-order valence-electron chi connectivity index (χ4n) is 3.59. The molecule has 2 aromatic rings. The van der Waals surface area contributed by atoms with Gasteiger partial charge in [0.2, 0.25) is 0 Å². The molecule has 2 N–H and O–H groups in total. The topological polar surface area (TPSA) is 44.9 Å². The summed E-state index contributed by atoms with van der Waals surface area (Å²) in [5.41, 5.74) is 3.03. The van der Waals surface area contributed by atoms with Crippen molar-refractivity contribution in [2.24, 2.45) is 5.92 Å². The minimum absolute atomic E-state index is 0.0460. The van der Waals surface area contributed by atoms with Crippen molar-refractivity contribution in [2.45, 2.75) is 58.9 Å². The Balaban J connectivity index is 1.64. The summed E-state index contributed by atoms with van der Waals surface area (Å²) in [5.74, 6) is 0.867. The van der Waals surface area contributed by atoms with E-state index in [1.165, 1.54) is 41.9 Å². The summed E-state index contributed by atoms with van der Waals surface area (Å²) in [7, 11) is 0. The van der Waals surface area contributed by atoms with E-state index >= 15 is 0 Å². The molecule has 1 aliphatic carbocycles. The molecular formula is C20H28N2OS. The van der Waals surface area contributed by atoms with Crippen LogP contribution in [0.4, 0.5) is 0 Å². The van der Waals surface area contributed by atoms with E-state index in [1.54, 1.807) is 0 Å². The SMILES string of the molecule is CCc1cc(-c2ccc(CNCC3CCCCC3)s2)c(C)[nH]c1=O. The Hall–Kier alpha value is -1.39. The summed E-state index contributed by atoms with van der Waals surface area (Å²) >= 11 is 1.83. The van der Waals surface area contributed by atoms with E-state index in [2.05, 4.69) is 28.5 Å². The first-order chi connectivity index (χ1) is 11.7. The third-order valence-electron chi connectivity index (χ3n) is 5.08. The van der Waals surface area contributed by atoms with Gasteiger partial charge >= 0.3 is 0 Å². The summed E-state index contributed by atoms with van der Waals surface area (Å²) < 4.78 is 0. The number of aromatic amines is 1. The van der Waals surface area contributed by atoms with E-state index in [0.717, 1.165) is 42.2 Å². The molecule has 0 radical (unpaired) electrons. The van der Waals surface area contributed by atoms with Gasteiger partial charge in [-0.3, -0.25) is 4.79 Å². The summed E-state index contributed by atoms with van der Waals surface area (Å²) in [5, 5.41) is 3.64. The third kappa shape index (κ3) is 4.17. The lowest BCUT2D eigenvalue weighted by atomic mass is 9.89. The summed E-state index contributed by atoms with van der Waals surface area (Å²) in [6.45, 7) is 6.10. The van der Waals surface area contributed by atoms with Crippen molar-refractivity contribution in [2.75, 3.05) is 6.54 Å². The van der Waals surface area contributed by atoms with Crippen LogP contribution in [0.5, 0.6) is 0 Å². The molecule has 3 rings (SSSR count). The number of aromatic nitrogens is 1. The largest absolute Gasteiger partial charge is 0.326 e. The van der Waals surface area contributed by atoms with E-state index in [1.807, 2.05) is 25.2 Å². The molecule has 1 fully saturated rings. The molecule has 1 aliphatic rings. The number of aryl methyl sites for hydroxylation is 2. The van der Waals surface area contributed by atoms with Crippen molar-refractivity contribution < 1.29 is 0 Å².